The fourth-order valence-electron chi connectivity index (χ4n) is 1.89. The lowest BCUT2D eigenvalue weighted by Crippen LogP contribution is -2.36. The Morgan fingerprint density at radius 1 is 1.45 bits per heavy atom. The number of thiophene rings is 1. The van der Waals surface area contributed by atoms with Gasteiger partial charge in [0.25, 0.3) is 5.91 Å². The zero-order valence-electron chi connectivity index (χ0n) is 11.3. The Labute approximate surface area is 136 Å². The van der Waals surface area contributed by atoms with E-state index in [1.54, 1.807) is 34.4 Å². The molecule has 20 heavy (non-hydrogen) atoms. The summed E-state index contributed by atoms with van der Waals surface area (Å²) in [5, 5.41) is 2.61. The van der Waals surface area contributed by atoms with Crippen molar-refractivity contribution < 1.29 is 4.79 Å². The van der Waals surface area contributed by atoms with Crippen LogP contribution in [0.4, 0.5) is 0 Å². The van der Waals surface area contributed by atoms with Gasteiger partial charge in [-0.15, -0.1) is 11.3 Å². The lowest BCUT2D eigenvalue weighted by atomic mass is 10.1. The van der Waals surface area contributed by atoms with Crippen LogP contribution in [-0.2, 0) is 6.42 Å². The molecule has 0 aliphatic carbocycles. The van der Waals surface area contributed by atoms with Crippen molar-refractivity contribution in [1.29, 1.82) is 0 Å². The number of hydrogen-bond acceptors (Lipinski definition) is 2. The molecule has 0 radical (unpaired) electrons. The Balaban J connectivity index is 2.09. The maximum absolute atomic E-state index is 12.4. The Bertz CT molecular complexity index is 600. The van der Waals surface area contributed by atoms with Crippen LogP contribution in [0.15, 0.2) is 40.2 Å². The number of amides is 1. The second-order valence-electron chi connectivity index (χ2n) is 4.68. The van der Waals surface area contributed by atoms with Crippen molar-refractivity contribution in [3.63, 3.8) is 0 Å². The minimum absolute atomic E-state index is 0.0107. The number of carbonyl (C=O) groups is 1. The summed E-state index contributed by atoms with van der Waals surface area (Å²) in [5.74, 6) is -0.0107. The van der Waals surface area contributed by atoms with E-state index in [0.717, 1.165) is 10.9 Å². The number of benzene rings is 1. The molecular weight excluding hydrogens is 358 g/mol. The van der Waals surface area contributed by atoms with Gasteiger partial charge in [-0.3, -0.25) is 4.79 Å². The minimum Gasteiger partial charge on any atom is -0.339 e. The van der Waals surface area contributed by atoms with Crippen LogP contribution in [0.3, 0.4) is 0 Å². The molecule has 1 aromatic carbocycles. The lowest BCUT2D eigenvalue weighted by molar-refractivity contribution is 0.0744. The van der Waals surface area contributed by atoms with Crippen molar-refractivity contribution in [2.45, 2.75) is 19.4 Å². The van der Waals surface area contributed by atoms with Crippen LogP contribution in [0.5, 0.6) is 0 Å². The second-order valence-corrected chi connectivity index (χ2v) is 6.97. The summed E-state index contributed by atoms with van der Waals surface area (Å²) in [6.45, 7) is 2.05. The summed E-state index contributed by atoms with van der Waals surface area (Å²) in [6.07, 6.45) is 0.865. The highest BCUT2D eigenvalue weighted by molar-refractivity contribution is 9.10. The molecule has 0 saturated carbocycles. The second kappa shape index (κ2) is 6.74. The van der Waals surface area contributed by atoms with Gasteiger partial charge >= 0.3 is 0 Å². The number of likely N-dealkylation sites (N-methyl/N-ethyl adjacent to an activating group) is 1. The molecule has 0 spiro atoms. The van der Waals surface area contributed by atoms with Crippen molar-refractivity contribution in [2.75, 3.05) is 7.05 Å². The SMILES string of the molecule is CC(Cc1cccs1)N(C)C(=O)c1ccc(Br)c(Cl)c1. The van der Waals surface area contributed by atoms with Gasteiger partial charge in [-0.25, -0.2) is 0 Å². The van der Waals surface area contributed by atoms with Crippen molar-refractivity contribution >= 4 is 44.8 Å². The van der Waals surface area contributed by atoms with Crippen molar-refractivity contribution in [2.24, 2.45) is 0 Å². The van der Waals surface area contributed by atoms with Crippen molar-refractivity contribution in [3.8, 4) is 0 Å². The average molecular weight is 373 g/mol. The summed E-state index contributed by atoms with van der Waals surface area (Å²) >= 11 is 11.1. The first kappa shape index (κ1) is 15.5. The fourth-order valence-corrected chi connectivity index (χ4v) is 3.14. The first-order valence-corrected chi connectivity index (χ1v) is 8.28. The quantitative estimate of drug-likeness (QED) is 0.750. The number of halogens is 2. The summed E-state index contributed by atoms with van der Waals surface area (Å²) in [7, 11) is 1.83. The number of nitrogens with zero attached hydrogens (tertiary/aromatic N) is 1. The zero-order chi connectivity index (χ0) is 14.7. The first-order valence-electron chi connectivity index (χ1n) is 6.23. The molecule has 2 nitrogen and oxygen atoms in total. The molecule has 0 saturated heterocycles. The highest BCUT2D eigenvalue weighted by Gasteiger charge is 2.18. The smallest absolute Gasteiger partial charge is 0.253 e. The molecule has 1 amide bonds. The van der Waals surface area contributed by atoms with Gasteiger partial charge in [-0.1, -0.05) is 17.7 Å². The maximum Gasteiger partial charge on any atom is 0.253 e. The number of carbonyl (C=O) groups excluding carboxylic acids is 1. The molecule has 0 aliphatic heterocycles. The van der Waals surface area contributed by atoms with Crippen LogP contribution in [0.2, 0.25) is 5.02 Å². The van der Waals surface area contributed by atoms with Crippen LogP contribution in [0, 0.1) is 0 Å². The summed E-state index contributed by atoms with van der Waals surface area (Å²) in [4.78, 5) is 15.5. The molecule has 0 aliphatic rings. The third-order valence-electron chi connectivity index (χ3n) is 3.22. The topological polar surface area (TPSA) is 20.3 Å². The van der Waals surface area contributed by atoms with E-state index >= 15 is 0 Å². The molecule has 1 aromatic heterocycles. The van der Waals surface area contributed by atoms with Gasteiger partial charge < -0.3 is 4.90 Å². The molecule has 5 heteroatoms. The van der Waals surface area contributed by atoms with Crippen molar-refractivity contribution in [3.05, 3.63) is 55.6 Å². The highest BCUT2D eigenvalue weighted by atomic mass is 79.9. The van der Waals surface area contributed by atoms with Crippen LogP contribution in [0.25, 0.3) is 0 Å². The largest absolute Gasteiger partial charge is 0.339 e. The van der Waals surface area contributed by atoms with Gasteiger partial charge in [0.2, 0.25) is 0 Å². The zero-order valence-corrected chi connectivity index (χ0v) is 14.4. The molecule has 0 fully saturated rings. The van der Waals surface area contributed by atoms with E-state index in [2.05, 4.69) is 34.3 Å². The lowest BCUT2D eigenvalue weighted by Gasteiger charge is -2.25. The van der Waals surface area contributed by atoms with Gasteiger partial charge in [-0.2, -0.15) is 0 Å². The molecule has 1 heterocycles. The minimum atomic E-state index is -0.0107. The predicted octanol–water partition coefficient (Wildman–Crippen LogP) is 4.87. The van der Waals surface area contributed by atoms with Gasteiger partial charge in [0.15, 0.2) is 0 Å². The van der Waals surface area contributed by atoms with E-state index < -0.39 is 0 Å². The van der Waals surface area contributed by atoms with Gasteiger partial charge in [0.05, 0.1) is 5.02 Å². The Hall–Kier alpha value is -0.840. The third kappa shape index (κ3) is 3.62. The highest BCUT2D eigenvalue weighted by Crippen LogP contribution is 2.24. The predicted molar refractivity (Wildman–Crippen MR) is 88.7 cm³/mol. The molecule has 0 N–H and O–H groups in total. The fraction of sp³-hybridized carbons (Fsp3) is 0.267. The Morgan fingerprint density at radius 3 is 2.80 bits per heavy atom. The third-order valence-corrected chi connectivity index (χ3v) is 5.36. The summed E-state index contributed by atoms with van der Waals surface area (Å²) < 4.78 is 0.796. The van der Waals surface area contributed by atoms with Crippen LogP contribution in [0.1, 0.15) is 22.2 Å². The van der Waals surface area contributed by atoms with Crippen LogP contribution in [-0.4, -0.2) is 23.9 Å². The number of hydrogen-bond donors (Lipinski definition) is 0. The van der Waals surface area contributed by atoms with Crippen molar-refractivity contribution in [1.82, 2.24) is 4.90 Å². The first-order chi connectivity index (χ1) is 9.49. The molecule has 106 valence electrons. The standard InChI is InChI=1S/C15H15BrClNOS/c1-10(8-12-4-3-7-20-12)18(2)15(19)11-5-6-13(16)14(17)9-11/h3-7,9-10H,8H2,1-2H3. The van der Waals surface area contributed by atoms with E-state index in [0.29, 0.717) is 10.6 Å². The van der Waals surface area contributed by atoms with E-state index in [1.807, 2.05) is 13.1 Å². The number of rotatable bonds is 4. The van der Waals surface area contributed by atoms with Gasteiger partial charge in [0, 0.05) is 34.4 Å². The molecule has 2 rings (SSSR count). The van der Waals surface area contributed by atoms with E-state index in [1.165, 1.54) is 4.88 Å². The van der Waals surface area contributed by atoms with E-state index in [-0.39, 0.29) is 11.9 Å². The maximum atomic E-state index is 12.4. The molecule has 1 atom stereocenters. The monoisotopic (exact) mass is 371 g/mol. The van der Waals surface area contributed by atoms with Crippen LogP contribution < -0.4 is 0 Å². The Kier molecular flexibility index (Phi) is 5.24. The average Bonchev–Trinajstić information content (AvgIpc) is 2.93. The van der Waals surface area contributed by atoms with Gasteiger partial charge in [-0.05, 0) is 52.5 Å². The summed E-state index contributed by atoms with van der Waals surface area (Å²) in [6, 6.07) is 9.55. The normalized spacial score (nSPS) is 12.2. The van der Waals surface area contributed by atoms with E-state index in [9.17, 15) is 4.79 Å². The van der Waals surface area contributed by atoms with E-state index in [4.69, 9.17) is 11.6 Å². The van der Waals surface area contributed by atoms with Crippen LogP contribution >= 0.6 is 38.9 Å². The molecule has 0 bridgehead atoms. The van der Waals surface area contributed by atoms with Gasteiger partial charge in [0.1, 0.15) is 0 Å². The molecular formula is C15H15BrClNOS. The summed E-state index contributed by atoms with van der Waals surface area (Å²) in [5.41, 5.74) is 0.610. The molecule has 1 unspecified atom stereocenters. The molecule has 2 aromatic rings. The Morgan fingerprint density at radius 2 is 2.20 bits per heavy atom.